The smallest absolute Gasteiger partial charge is 0.305 e. The van der Waals surface area contributed by atoms with Gasteiger partial charge in [-0.1, -0.05) is 22.4 Å². The van der Waals surface area contributed by atoms with Crippen LogP contribution < -0.4 is 9.64 Å². The summed E-state index contributed by atoms with van der Waals surface area (Å²) in [7, 11) is 3.04. The zero-order valence-electron chi connectivity index (χ0n) is 21.8. The van der Waals surface area contributed by atoms with E-state index in [0.29, 0.717) is 53.2 Å². The Bertz CT molecular complexity index is 1290. The fourth-order valence-electron chi connectivity index (χ4n) is 4.90. The summed E-state index contributed by atoms with van der Waals surface area (Å²) in [4.78, 5) is 18.2. The molecule has 0 bridgehead atoms. The second-order valence-electron chi connectivity index (χ2n) is 10.1. The van der Waals surface area contributed by atoms with Gasteiger partial charge in [-0.05, 0) is 43.2 Å². The molecule has 1 saturated carbocycles. The van der Waals surface area contributed by atoms with Crippen molar-refractivity contribution >= 4 is 11.7 Å². The maximum absolute atomic E-state index is 14.6. The number of alkyl halides is 2. The van der Waals surface area contributed by atoms with Crippen LogP contribution in [0.25, 0.3) is 11.4 Å². The fourth-order valence-corrected chi connectivity index (χ4v) is 4.90. The molecule has 38 heavy (non-hydrogen) atoms. The molecular formula is C25H32F2N8O3. The zero-order chi connectivity index (χ0) is 26.9. The molecule has 3 aromatic rings. The Morgan fingerprint density at radius 1 is 1.18 bits per heavy atom. The number of carbonyl (C=O) groups is 1. The monoisotopic (exact) mass is 530 g/mol. The summed E-state index contributed by atoms with van der Waals surface area (Å²) >= 11 is 0. The van der Waals surface area contributed by atoms with E-state index >= 15 is 0 Å². The Kier molecular flexibility index (Phi) is 7.26. The van der Waals surface area contributed by atoms with E-state index in [2.05, 4.69) is 20.6 Å². The van der Waals surface area contributed by atoms with Crippen molar-refractivity contribution < 1.29 is 23.0 Å². The van der Waals surface area contributed by atoms with Crippen LogP contribution in [0.2, 0.25) is 0 Å². The van der Waals surface area contributed by atoms with Crippen molar-refractivity contribution in [1.82, 2.24) is 35.0 Å². The third kappa shape index (κ3) is 5.91. The molecule has 5 rings (SSSR count). The molecule has 1 aliphatic carbocycles. The lowest BCUT2D eigenvalue weighted by atomic mass is 9.91. The molecule has 3 aromatic heterocycles. The number of ether oxygens (including phenoxy) is 2. The minimum atomic E-state index is -2.92. The number of esters is 1. The van der Waals surface area contributed by atoms with Gasteiger partial charge in [0.25, 0.3) is 11.8 Å². The normalized spacial score (nSPS) is 19.0. The van der Waals surface area contributed by atoms with Crippen molar-refractivity contribution in [1.29, 1.82) is 0 Å². The van der Waals surface area contributed by atoms with Gasteiger partial charge in [0.2, 0.25) is 0 Å². The number of hydrogen-bond acceptors (Lipinski definition) is 9. The van der Waals surface area contributed by atoms with Crippen molar-refractivity contribution in [3.63, 3.8) is 0 Å². The van der Waals surface area contributed by atoms with Crippen LogP contribution in [0.15, 0.2) is 18.3 Å². The van der Waals surface area contributed by atoms with E-state index in [1.165, 1.54) is 20.0 Å². The largest absolute Gasteiger partial charge is 0.469 e. The van der Waals surface area contributed by atoms with Gasteiger partial charge in [-0.25, -0.2) is 23.1 Å². The SMILES string of the molecule is CCc1nc(-c2nnn(C)c2COc2cn(CC3CC3)nn2)ccc1N1CC(CC(=O)OC)CC(F)(F)C1. The first kappa shape index (κ1) is 26.0. The first-order valence-corrected chi connectivity index (χ1v) is 12.9. The molecular weight excluding hydrogens is 498 g/mol. The van der Waals surface area contributed by atoms with Gasteiger partial charge < -0.3 is 14.4 Å². The molecule has 1 atom stereocenters. The minimum Gasteiger partial charge on any atom is -0.469 e. The molecule has 0 aromatic carbocycles. The molecule has 0 amide bonds. The lowest BCUT2D eigenvalue weighted by molar-refractivity contribution is -0.142. The predicted molar refractivity (Wildman–Crippen MR) is 133 cm³/mol. The van der Waals surface area contributed by atoms with Crippen LogP contribution in [0.1, 0.15) is 44.0 Å². The molecule has 0 N–H and O–H groups in total. The number of aryl methyl sites for hydroxylation is 2. The van der Waals surface area contributed by atoms with Crippen LogP contribution in [-0.4, -0.2) is 67.1 Å². The summed E-state index contributed by atoms with van der Waals surface area (Å²) in [5.74, 6) is -2.82. The maximum Gasteiger partial charge on any atom is 0.305 e. The van der Waals surface area contributed by atoms with Crippen LogP contribution in [0.3, 0.4) is 0 Å². The van der Waals surface area contributed by atoms with E-state index in [0.717, 1.165) is 6.54 Å². The Labute approximate surface area is 219 Å². The van der Waals surface area contributed by atoms with E-state index in [-0.39, 0.29) is 19.4 Å². The molecule has 0 spiro atoms. The highest BCUT2D eigenvalue weighted by Crippen LogP contribution is 2.36. The molecule has 0 radical (unpaired) electrons. The average molecular weight is 531 g/mol. The van der Waals surface area contributed by atoms with Crippen LogP contribution >= 0.6 is 0 Å². The van der Waals surface area contributed by atoms with Gasteiger partial charge in [-0.2, -0.15) is 0 Å². The number of rotatable bonds is 10. The summed E-state index contributed by atoms with van der Waals surface area (Å²) < 4.78 is 43.2. The lowest BCUT2D eigenvalue weighted by Crippen LogP contribution is -2.48. The van der Waals surface area contributed by atoms with Crippen molar-refractivity contribution in [3.05, 3.63) is 29.7 Å². The van der Waals surface area contributed by atoms with E-state index in [1.54, 1.807) is 39.6 Å². The average Bonchev–Trinajstić information content (AvgIpc) is 3.46. The summed E-state index contributed by atoms with van der Waals surface area (Å²) in [6, 6.07) is 3.55. The van der Waals surface area contributed by atoms with Gasteiger partial charge >= 0.3 is 5.97 Å². The van der Waals surface area contributed by atoms with Crippen LogP contribution in [0.4, 0.5) is 14.5 Å². The van der Waals surface area contributed by atoms with Crippen molar-refractivity contribution in [2.24, 2.45) is 18.9 Å². The van der Waals surface area contributed by atoms with Gasteiger partial charge in [-0.3, -0.25) is 4.79 Å². The molecule has 11 nitrogen and oxygen atoms in total. The summed E-state index contributed by atoms with van der Waals surface area (Å²) in [5, 5.41) is 16.6. The third-order valence-corrected chi connectivity index (χ3v) is 7.00. The quantitative estimate of drug-likeness (QED) is 0.365. The van der Waals surface area contributed by atoms with E-state index < -0.39 is 24.4 Å². The number of methoxy groups -OCH3 is 1. The van der Waals surface area contributed by atoms with Crippen LogP contribution in [0, 0.1) is 11.8 Å². The van der Waals surface area contributed by atoms with Gasteiger partial charge in [0.05, 0.1) is 43.3 Å². The Balaban J connectivity index is 1.34. The number of hydrogen-bond donors (Lipinski definition) is 0. The van der Waals surface area contributed by atoms with E-state index in [1.807, 2.05) is 6.92 Å². The maximum atomic E-state index is 14.6. The highest BCUT2D eigenvalue weighted by Gasteiger charge is 2.41. The molecule has 2 fully saturated rings. The first-order valence-electron chi connectivity index (χ1n) is 12.9. The minimum absolute atomic E-state index is 0.0487. The van der Waals surface area contributed by atoms with E-state index in [9.17, 15) is 13.6 Å². The number of anilines is 1. The van der Waals surface area contributed by atoms with Crippen LogP contribution in [0.5, 0.6) is 5.88 Å². The molecule has 204 valence electrons. The predicted octanol–water partition coefficient (Wildman–Crippen LogP) is 3.04. The fraction of sp³-hybridized carbons (Fsp3) is 0.600. The second kappa shape index (κ2) is 10.6. The number of carbonyl (C=O) groups excluding carboxylic acids is 1. The number of halogens is 2. The molecule has 1 unspecified atom stereocenters. The number of piperidine rings is 1. The molecule has 1 aliphatic heterocycles. The van der Waals surface area contributed by atoms with Gasteiger partial charge in [0.1, 0.15) is 18.0 Å². The molecule has 2 aliphatic rings. The first-order chi connectivity index (χ1) is 18.2. The third-order valence-electron chi connectivity index (χ3n) is 7.00. The van der Waals surface area contributed by atoms with Gasteiger partial charge in [0, 0.05) is 26.6 Å². The lowest BCUT2D eigenvalue weighted by Gasteiger charge is -2.39. The molecule has 1 saturated heterocycles. The Morgan fingerprint density at radius 2 is 2.00 bits per heavy atom. The molecule has 4 heterocycles. The Morgan fingerprint density at radius 3 is 2.74 bits per heavy atom. The topological polar surface area (TPSA) is 113 Å². The number of pyridine rings is 1. The molecule has 13 heteroatoms. The number of nitrogens with zero attached hydrogens (tertiary/aromatic N) is 8. The van der Waals surface area contributed by atoms with E-state index in [4.69, 9.17) is 14.5 Å². The summed E-state index contributed by atoms with van der Waals surface area (Å²) in [6.45, 7) is 2.83. The second-order valence-corrected chi connectivity index (χ2v) is 10.1. The van der Waals surface area contributed by atoms with Crippen molar-refractivity contribution in [2.75, 3.05) is 25.1 Å². The summed E-state index contributed by atoms with van der Waals surface area (Å²) in [5.41, 5.74) is 3.11. The van der Waals surface area contributed by atoms with Crippen LogP contribution in [-0.2, 0) is 36.2 Å². The highest BCUT2D eigenvalue weighted by molar-refractivity contribution is 5.70. The number of aromatic nitrogens is 7. The standard InChI is InChI=1S/C25H32F2N8O3/c1-4-18-20(34-11-17(9-23(36)37-3)10-25(26,27)15-34)8-7-19(28-18)24-21(33(2)31-30-24)14-38-22-13-35(32-29-22)12-16-5-6-16/h7-8,13,16-17H,4-6,9-12,14-15H2,1-3H3. The van der Waals surface area contributed by atoms with Crippen molar-refractivity contribution in [2.45, 2.75) is 58.1 Å². The Hall–Kier alpha value is -3.64. The van der Waals surface area contributed by atoms with Crippen molar-refractivity contribution in [3.8, 4) is 17.3 Å². The summed E-state index contributed by atoms with van der Waals surface area (Å²) in [6.07, 6.45) is 4.37. The van der Waals surface area contributed by atoms with Gasteiger partial charge in [-0.15, -0.1) is 5.10 Å². The highest BCUT2D eigenvalue weighted by atomic mass is 19.3. The van der Waals surface area contributed by atoms with Gasteiger partial charge in [0.15, 0.2) is 0 Å². The zero-order valence-corrected chi connectivity index (χ0v) is 21.8.